The van der Waals surface area contributed by atoms with Crippen molar-refractivity contribution in [2.45, 2.75) is 19.4 Å². The highest BCUT2D eigenvalue weighted by Gasteiger charge is 2.38. The van der Waals surface area contributed by atoms with Gasteiger partial charge in [0.05, 0.1) is 0 Å². The summed E-state index contributed by atoms with van der Waals surface area (Å²) in [5.74, 6) is -0.210. The SMILES string of the molecule is CC1CC2=C(O1)c1ccccc1C(=O)C2=O. The van der Waals surface area contributed by atoms with E-state index >= 15 is 0 Å². The van der Waals surface area contributed by atoms with Gasteiger partial charge in [0.1, 0.15) is 11.9 Å². The van der Waals surface area contributed by atoms with Gasteiger partial charge >= 0.3 is 0 Å². The molecule has 3 nitrogen and oxygen atoms in total. The largest absolute Gasteiger partial charge is 0.489 e. The summed E-state index contributed by atoms with van der Waals surface area (Å²) in [5, 5.41) is 0. The maximum atomic E-state index is 11.8. The first-order valence-electron chi connectivity index (χ1n) is 5.26. The minimum atomic E-state index is -0.410. The molecule has 1 heterocycles. The van der Waals surface area contributed by atoms with Crippen molar-refractivity contribution in [1.82, 2.24) is 0 Å². The van der Waals surface area contributed by atoms with Crippen LogP contribution in [-0.2, 0) is 9.53 Å². The Morgan fingerprint density at radius 1 is 1.12 bits per heavy atom. The van der Waals surface area contributed by atoms with E-state index in [0.717, 1.165) is 5.56 Å². The zero-order valence-electron chi connectivity index (χ0n) is 8.82. The van der Waals surface area contributed by atoms with Crippen molar-refractivity contribution in [1.29, 1.82) is 0 Å². The molecule has 0 aromatic heterocycles. The molecule has 0 amide bonds. The Hall–Kier alpha value is -1.90. The first kappa shape index (κ1) is 9.33. The molecule has 0 saturated carbocycles. The molecular formula is C13H10O3. The van der Waals surface area contributed by atoms with E-state index in [-0.39, 0.29) is 6.10 Å². The molecule has 0 radical (unpaired) electrons. The molecule has 1 aliphatic carbocycles. The average Bonchev–Trinajstić information content (AvgIpc) is 2.68. The van der Waals surface area contributed by atoms with E-state index in [9.17, 15) is 9.59 Å². The van der Waals surface area contributed by atoms with Crippen LogP contribution in [0.1, 0.15) is 29.3 Å². The van der Waals surface area contributed by atoms with Crippen molar-refractivity contribution in [3.8, 4) is 0 Å². The zero-order valence-corrected chi connectivity index (χ0v) is 8.82. The number of carbonyl (C=O) groups excluding carboxylic acids is 2. The van der Waals surface area contributed by atoms with E-state index in [2.05, 4.69) is 0 Å². The predicted molar refractivity (Wildman–Crippen MR) is 57.9 cm³/mol. The fourth-order valence-electron chi connectivity index (χ4n) is 2.25. The van der Waals surface area contributed by atoms with Crippen LogP contribution in [0.2, 0.25) is 0 Å². The number of carbonyl (C=O) groups is 2. The normalized spacial score (nSPS) is 22.9. The molecule has 3 rings (SSSR count). The summed E-state index contributed by atoms with van der Waals surface area (Å²) in [6, 6.07) is 7.10. The first-order valence-corrected chi connectivity index (χ1v) is 5.26. The summed E-state index contributed by atoms with van der Waals surface area (Å²) < 4.78 is 5.62. The number of hydrogen-bond acceptors (Lipinski definition) is 3. The van der Waals surface area contributed by atoms with Crippen molar-refractivity contribution in [2.75, 3.05) is 0 Å². The van der Waals surface area contributed by atoms with Gasteiger partial charge in [-0.2, -0.15) is 0 Å². The molecule has 1 aliphatic heterocycles. The van der Waals surface area contributed by atoms with E-state index in [1.165, 1.54) is 0 Å². The molecule has 0 N–H and O–H groups in total. The van der Waals surface area contributed by atoms with Crippen molar-refractivity contribution < 1.29 is 14.3 Å². The Kier molecular flexibility index (Phi) is 1.78. The Morgan fingerprint density at radius 2 is 1.81 bits per heavy atom. The van der Waals surface area contributed by atoms with E-state index in [0.29, 0.717) is 23.3 Å². The molecule has 1 unspecified atom stereocenters. The molecule has 0 bridgehead atoms. The maximum absolute atomic E-state index is 11.8. The fourth-order valence-corrected chi connectivity index (χ4v) is 2.25. The first-order chi connectivity index (χ1) is 7.68. The summed E-state index contributed by atoms with van der Waals surface area (Å²) in [5.41, 5.74) is 1.75. The standard InChI is InChI=1S/C13H10O3/c1-7-6-10-12(15)11(14)8-4-2-3-5-9(8)13(10)16-7/h2-5,7H,6H2,1H3. The van der Waals surface area contributed by atoms with Gasteiger partial charge in [-0.25, -0.2) is 0 Å². The van der Waals surface area contributed by atoms with Crippen LogP contribution in [0.25, 0.3) is 5.76 Å². The molecule has 0 saturated heterocycles. The fraction of sp³-hybridized carbons (Fsp3) is 0.231. The number of Topliss-reactive ketones (excluding diaryl/α,β-unsaturated/α-hetero) is 2. The van der Waals surface area contributed by atoms with Gasteiger partial charge in [0.15, 0.2) is 0 Å². The van der Waals surface area contributed by atoms with E-state index in [4.69, 9.17) is 4.74 Å². The minimum Gasteiger partial charge on any atom is -0.489 e. The van der Waals surface area contributed by atoms with Crippen molar-refractivity contribution >= 4 is 17.3 Å². The highest BCUT2D eigenvalue weighted by molar-refractivity contribution is 6.52. The second kappa shape index (κ2) is 3.04. The zero-order chi connectivity index (χ0) is 11.3. The summed E-state index contributed by atoms with van der Waals surface area (Å²) in [7, 11) is 0. The molecule has 1 aromatic rings. The molecule has 1 atom stereocenters. The van der Waals surface area contributed by atoms with Crippen LogP contribution in [0.5, 0.6) is 0 Å². The van der Waals surface area contributed by atoms with Gasteiger partial charge in [-0.05, 0) is 6.92 Å². The van der Waals surface area contributed by atoms with Gasteiger partial charge < -0.3 is 4.74 Å². The van der Waals surface area contributed by atoms with Crippen molar-refractivity contribution in [3.63, 3.8) is 0 Å². The van der Waals surface area contributed by atoms with Gasteiger partial charge in [0.2, 0.25) is 11.6 Å². The van der Waals surface area contributed by atoms with Gasteiger partial charge in [-0.15, -0.1) is 0 Å². The van der Waals surface area contributed by atoms with E-state index < -0.39 is 11.6 Å². The number of benzene rings is 1. The topological polar surface area (TPSA) is 43.4 Å². The maximum Gasteiger partial charge on any atom is 0.234 e. The average molecular weight is 214 g/mol. The number of fused-ring (bicyclic) bond motifs is 2. The second-order valence-corrected chi connectivity index (χ2v) is 4.14. The van der Waals surface area contributed by atoms with Crippen LogP contribution in [0.15, 0.2) is 29.8 Å². The van der Waals surface area contributed by atoms with Crippen LogP contribution in [-0.4, -0.2) is 17.7 Å². The molecule has 1 aromatic carbocycles. The number of ketones is 2. The summed E-state index contributed by atoms with van der Waals surface area (Å²) in [6.07, 6.45) is 0.515. The summed E-state index contributed by atoms with van der Waals surface area (Å²) in [6.45, 7) is 1.90. The van der Waals surface area contributed by atoms with Crippen molar-refractivity contribution in [2.24, 2.45) is 0 Å². The van der Waals surface area contributed by atoms with Crippen LogP contribution < -0.4 is 0 Å². The van der Waals surface area contributed by atoms with Gasteiger partial charge in [0, 0.05) is 23.1 Å². The van der Waals surface area contributed by atoms with E-state index in [1.54, 1.807) is 12.1 Å². The van der Waals surface area contributed by atoms with E-state index in [1.807, 2.05) is 19.1 Å². The summed E-state index contributed by atoms with van der Waals surface area (Å²) in [4.78, 5) is 23.7. The van der Waals surface area contributed by atoms with Gasteiger partial charge in [-0.3, -0.25) is 9.59 Å². The Balaban J connectivity index is 2.26. The lowest BCUT2D eigenvalue weighted by atomic mass is 9.88. The predicted octanol–water partition coefficient (Wildman–Crippen LogP) is 1.97. The molecule has 16 heavy (non-hydrogen) atoms. The Labute approximate surface area is 92.7 Å². The smallest absolute Gasteiger partial charge is 0.234 e. The lowest BCUT2D eigenvalue weighted by Crippen LogP contribution is -2.22. The Morgan fingerprint density at radius 3 is 2.56 bits per heavy atom. The highest BCUT2D eigenvalue weighted by Crippen LogP contribution is 2.38. The van der Waals surface area contributed by atoms with Crippen LogP contribution in [0.4, 0.5) is 0 Å². The minimum absolute atomic E-state index is 0.0205. The lowest BCUT2D eigenvalue weighted by Gasteiger charge is -2.15. The molecular weight excluding hydrogens is 204 g/mol. The number of hydrogen-bond donors (Lipinski definition) is 0. The molecule has 0 spiro atoms. The second-order valence-electron chi connectivity index (χ2n) is 4.14. The molecule has 3 heteroatoms. The number of ether oxygens (including phenoxy) is 1. The monoisotopic (exact) mass is 214 g/mol. The van der Waals surface area contributed by atoms with Crippen LogP contribution in [0.3, 0.4) is 0 Å². The highest BCUT2D eigenvalue weighted by atomic mass is 16.5. The molecule has 0 fully saturated rings. The molecule has 80 valence electrons. The third-order valence-electron chi connectivity index (χ3n) is 2.98. The third kappa shape index (κ3) is 1.08. The third-order valence-corrected chi connectivity index (χ3v) is 2.98. The number of rotatable bonds is 0. The van der Waals surface area contributed by atoms with Crippen LogP contribution in [0, 0.1) is 0 Å². The molecule has 2 aliphatic rings. The van der Waals surface area contributed by atoms with Gasteiger partial charge in [-0.1, -0.05) is 24.3 Å². The Bertz CT molecular complexity index is 540. The van der Waals surface area contributed by atoms with Gasteiger partial charge in [0.25, 0.3) is 0 Å². The summed E-state index contributed by atoms with van der Waals surface area (Å²) >= 11 is 0. The van der Waals surface area contributed by atoms with Crippen LogP contribution >= 0.6 is 0 Å². The quantitative estimate of drug-likeness (QED) is 0.620. The van der Waals surface area contributed by atoms with Crippen molar-refractivity contribution in [3.05, 3.63) is 41.0 Å². The lowest BCUT2D eigenvalue weighted by molar-refractivity contribution is -0.112.